The predicted molar refractivity (Wildman–Crippen MR) is 57.4 cm³/mol. The molecule has 1 heterocycles. The van der Waals surface area contributed by atoms with E-state index in [0.717, 1.165) is 0 Å². The largest absolute Gasteiger partial charge is 0.741 e. The van der Waals surface area contributed by atoms with Gasteiger partial charge in [0.15, 0.2) is 28.6 Å². The van der Waals surface area contributed by atoms with Crippen molar-refractivity contribution < 1.29 is 30.7 Å². The van der Waals surface area contributed by atoms with Crippen molar-refractivity contribution in [1.82, 2.24) is 0 Å². The molecule has 0 aromatic carbocycles. The molecule has 4 nitrogen and oxygen atoms in total. The van der Waals surface area contributed by atoms with Gasteiger partial charge in [0.05, 0.1) is 0 Å². The Morgan fingerprint density at radius 3 is 1.89 bits per heavy atom. The zero-order chi connectivity index (χ0) is 14.4. The van der Waals surface area contributed by atoms with Gasteiger partial charge in [-0.1, -0.05) is 13.0 Å². The standard InChI is InChI=1S/C9H14N.CHF3O3S/c1-3-9(2)10-7-5-4-6-8-10;2-1(3,4)8(5,6)7/h4-9H,3H2,1-2H3;(H,5,6,7)/q+1;/p-1. The highest BCUT2D eigenvalue weighted by Gasteiger charge is 2.36. The van der Waals surface area contributed by atoms with Crippen molar-refractivity contribution in [3.63, 3.8) is 0 Å². The molecular weight excluding hydrogens is 271 g/mol. The Morgan fingerprint density at radius 2 is 1.61 bits per heavy atom. The van der Waals surface area contributed by atoms with Crippen LogP contribution in [0.4, 0.5) is 13.2 Å². The van der Waals surface area contributed by atoms with Crippen LogP contribution in [0.5, 0.6) is 0 Å². The van der Waals surface area contributed by atoms with Gasteiger partial charge in [0.25, 0.3) is 0 Å². The minimum absolute atomic E-state index is 0.626. The van der Waals surface area contributed by atoms with Gasteiger partial charge >= 0.3 is 5.51 Å². The average Bonchev–Trinajstić information content (AvgIpc) is 2.27. The van der Waals surface area contributed by atoms with Gasteiger partial charge in [-0.2, -0.15) is 13.2 Å². The Morgan fingerprint density at radius 1 is 1.22 bits per heavy atom. The fraction of sp³-hybridized carbons (Fsp3) is 0.500. The molecule has 0 aliphatic rings. The molecule has 0 radical (unpaired) electrons. The molecule has 18 heavy (non-hydrogen) atoms. The molecule has 1 unspecified atom stereocenters. The van der Waals surface area contributed by atoms with E-state index in [2.05, 4.69) is 42.9 Å². The average molecular weight is 285 g/mol. The topological polar surface area (TPSA) is 61.1 Å². The van der Waals surface area contributed by atoms with Crippen molar-refractivity contribution in [2.75, 3.05) is 0 Å². The highest BCUT2D eigenvalue weighted by Crippen LogP contribution is 2.20. The second-order valence-corrected chi connectivity index (χ2v) is 4.85. The first kappa shape index (κ1) is 16.9. The van der Waals surface area contributed by atoms with Crippen LogP contribution in [0.1, 0.15) is 26.3 Å². The summed E-state index contributed by atoms with van der Waals surface area (Å²) in [5.74, 6) is 0. The van der Waals surface area contributed by atoms with Crippen LogP contribution in [0.25, 0.3) is 0 Å². The van der Waals surface area contributed by atoms with Gasteiger partial charge in [-0.25, -0.2) is 13.0 Å². The maximum absolute atomic E-state index is 10.7. The zero-order valence-electron chi connectivity index (χ0n) is 9.89. The van der Waals surface area contributed by atoms with Gasteiger partial charge in [-0.3, -0.25) is 0 Å². The van der Waals surface area contributed by atoms with Crippen LogP contribution in [0, 0.1) is 0 Å². The van der Waals surface area contributed by atoms with E-state index in [9.17, 15) is 13.2 Å². The Kier molecular flexibility index (Phi) is 6.27. The quantitative estimate of drug-likeness (QED) is 0.474. The second kappa shape index (κ2) is 6.69. The summed E-state index contributed by atoms with van der Waals surface area (Å²) in [5, 5.41) is 0. The first-order chi connectivity index (χ1) is 8.09. The van der Waals surface area contributed by atoms with Crippen molar-refractivity contribution in [1.29, 1.82) is 0 Å². The lowest BCUT2D eigenvalue weighted by atomic mass is 10.2. The van der Waals surface area contributed by atoms with E-state index in [0.29, 0.717) is 6.04 Å². The number of alkyl halides is 3. The van der Waals surface area contributed by atoms with E-state index in [1.54, 1.807) is 0 Å². The maximum Gasteiger partial charge on any atom is 0.485 e. The van der Waals surface area contributed by atoms with Crippen molar-refractivity contribution in [3.05, 3.63) is 30.6 Å². The number of hydrogen-bond donors (Lipinski definition) is 0. The summed E-state index contributed by atoms with van der Waals surface area (Å²) in [6.07, 6.45) is 5.40. The van der Waals surface area contributed by atoms with E-state index in [-0.39, 0.29) is 0 Å². The van der Waals surface area contributed by atoms with E-state index >= 15 is 0 Å². The summed E-state index contributed by atoms with van der Waals surface area (Å²) >= 11 is 0. The normalized spacial score (nSPS) is 13.4. The Balaban J connectivity index is 0.000000331. The Bertz CT molecular complexity index is 445. The third-order valence-electron chi connectivity index (χ3n) is 2.12. The molecule has 1 aromatic heterocycles. The number of aromatic nitrogens is 1. The minimum Gasteiger partial charge on any atom is -0.741 e. The first-order valence-corrected chi connectivity index (χ1v) is 6.48. The molecule has 0 fully saturated rings. The highest BCUT2D eigenvalue weighted by molar-refractivity contribution is 7.86. The lowest BCUT2D eigenvalue weighted by Crippen LogP contribution is -2.36. The number of rotatable bonds is 2. The van der Waals surface area contributed by atoms with Gasteiger partial charge in [0.1, 0.15) is 0 Å². The SMILES string of the molecule is CCC(C)[n+]1ccccc1.O=S(=O)([O-])C(F)(F)F. The van der Waals surface area contributed by atoms with E-state index in [1.807, 2.05) is 6.07 Å². The molecule has 0 amide bonds. The molecular formula is C10H14F3NO3S. The summed E-state index contributed by atoms with van der Waals surface area (Å²) in [6.45, 7) is 4.42. The highest BCUT2D eigenvalue weighted by atomic mass is 32.2. The summed E-state index contributed by atoms with van der Waals surface area (Å²) in [6, 6.07) is 6.79. The first-order valence-electron chi connectivity index (χ1n) is 5.07. The molecule has 8 heteroatoms. The molecule has 1 rings (SSSR count). The van der Waals surface area contributed by atoms with Crippen LogP contribution in [-0.4, -0.2) is 18.5 Å². The van der Waals surface area contributed by atoms with Crippen LogP contribution in [0.15, 0.2) is 30.6 Å². The molecule has 0 saturated heterocycles. The number of nitrogens with zero attached hydrogens (tertiary/aromatic N) is 1. The van der Waals surface area contributed by atoms with Crippen molar-refractivity contribution in [2.24, 2.45) is 0 Å². The van der Waals surface area contributed by atoms with Crippen molar-refractivity contribution in [3.8, 4) is 0 Å². The van der Waals surface area contributed by atoms with E-state index in [4.69, 9.17) is 13.0 Å². The lowest BCUT2D eigenvalue weighted by Gasteiger charge is -2.08. The molecule has 1 atom stereocenters. The van der Waals surface area contributed by atoms with Gasteiger partial charge in [0, 0.05) is 18.6 Å². The van der Waals surface area contributed by atoms with Crippen LogP contribution in [-0.2, 0) is 10.1 Å². The summed E-state index contributed by atoms with van der Waals surface area (Å²) in [4.78, 5) is 0. The molecule has 0 spiro atoms. The fourth-order valence-corrected chi connectivity index (χ4v) is 0.917. The summed E-state index contributed by atoms with van der Waals surface area (Å²) in [7, 11) is -6.09. The molecule has 0 N–H and O–H groups in total. The third-order valence-corrected chi connectivity index (χ3v) is 2.69. The number of pyridine rings is 1. The fourth-order valence-electron chi connectivity index (χ4n) is 0.917. The van der Waals surface area contributed by atoms with Crippen molar-refractivity contribution in [2.45, 2.75) is 31.8 Å². The van der Waals surface area contributed by atoms with Gasteiger partial charge in [-0.05, 0) is 6.92 Å². The molecule has 0 bridgehead atoms. The van der Waals surface area contributed by atoms with Gasteiger partial charge < -0.3 is 4.55 Å². The molecule has 1 aromatic rings. The van der Waals surface area contributed by atoms with Crippen LogP contribution in [0.3, 0.4) is 0 Å². The second-order valence-electron chi connectivity index (χ2n) is 3.48. The number of halogens is 3. The molecule has 0 saturated carbocycles. The number of hydrogen-bond acceptors (Lipinski definition) is 3. The molecule has 0 aliphatic heterocycles. The maximum atomic E-state index is 10.7. The van der Waals surface area contributed by atoms with Gasteiger partial charge in [0.2, 0.25) is 0 Å². The monoisotopic (exact) mass is 285 g/mol. The zero-order valence-corrected chi connectivity index (χ0v) is 10.7. The van der Waals surface area contributed by atoms with E-state index in [1.165, 1.54) is 6.42 Å². The molecule has 0 aliphatic carbocycles. The predicted octanol–water partition coefficient (Wildman–Crippen LogP) is 2.00. The Labute approximate surface area is 104 Å². The minimum atomic E-state index is -6.09. The lowest BCUT2D eigenvalue weighted by molar-refractivity contribution is -0.720. The Hall–Kier alpha value is -1.15. The smallest absolute Gasteiger partial charge is 0.485 e. The van der Waals surface area contributed by atoms with Gasteiger partial charge in [-0.15, -0.1) is 0 Å². The van der Waals surface area contributed by atoms with Crippen LogP contribution >= 0.6 is 0 Å². The van der Waals surface area contributed by atoms with Crippen LogP contribution in [0.2, 0.25) is 0 Å². The van der Waals surface area contributed by atoms with E-state index < -0.39 is 15.6 Å². The van der Waals surface area contributed by atoms with Crippen molar-refractivity contribution >= 4 is 10.1 Å². The summed E-state index contributed by atoms with van der Waals surface area (Å²) < 4.78 is 61.1. The summed E-state index contributed by atoms with van der Waals surface area (Å²) in [5.41, 5.74) is -5.65. The molecule has 104 valence electrons. The van der Waals surface area contributed by atoms with Crippen LogP contribution < -0.4 is 4.57 Å². The third kappa shape index (κ3) is 5.97.